The topological polar surface area (TPSA) is 105 Å². The molecule has 0 saturated heterocycles. The molecule has 0 aliphatic heterocycles. The van der Waals surface area contributed by atoms with Crippen LogP contribution < -0.4 is 5.63 Å². The highest BCUT2D eigenvalue weighted by Gasteiger charge is 2.21. The smallest absolute Gasteiger partial charge is 0.351 e. The number of phenols is 1. The third kappa shape index (κ3) is 2.33. The summed E-state index contributed by atoms with van der Waals surface area (Å²) in [5.41, 5.74) is -1.63. The average molecular weight is 262 g/mol. The Kier molecular flexibility index (Phi) is 3.08. The zero-order chi connectivity index (χ0) is 14.2. The second-order valence-corrected chi connectivity index (χ2v) is 4.10. The Hall–Kier alpha value is -2.63. The van der Waals surface area contributed by atoms with Gasteiger partial charge < -0.3 is 14.6 Å². The van der Waals surface area contributed by atoms with Gasteiger partial charge in [0.15, 0.2) is 5.78 Å². The molecule has 2 N–H and O–H groups in total. The van der Waals surface area contributed by atoms with Crippen LogP contribution in [0.5, 0.6) is 11.5 Å². The van der Waals surface area contributed by atoms with Gasteiger partial charge >= 0.3 is 5.63 Å². The Morgan fingerprint density at radius 3 is 2.58 bits per heavy atom. The van der Waals surface area contributed by atoms with Gasteiger partial charge in [0.1, 0.15) is 28.4 Å². The highest BCUT2D eigenvalue weighted by Crippen LogP contribution is 2.29. The van der Waals surface area contributed by atoms with Crippen molar-refractivity contribution in [3.63, 3.8) is 0 Å². The summed E-state index contributed by atoms with van der Waals surface area (Å²) in [4.78, 5) is 34.3. The standard InChI is InChI=1S/C13H10O6/c1-6(14)4-9(16)11-12(17)8-3-2-7(15)5-10(8)19-13(11)18/h2-3,5,15,17H,4H2,1H3. The Labute approximate surface area is 106 Å². The van der Waals surface area contributed by atoms with E-state index in [2.05, 4.69) is 0 Å². The summed E-state index contributed by atoms with van der Waals surface area (Å²) in [5, 5.41) is 19.3. The molecule has 98 valence electrons. The lowest BCUT2D eigenvalue weighted by molar-refractivity contribution is -0.116. The molecule has 0 radical (unpaired) electrons. The van der Waals surface area contributed by atoms with E-state index in [4.69, 9.17) is 4.42 Å². The Balaban J connectivity index is 2.69. The maximum atomic E-state index is 11.7. The van der Waals surface area contributed by atoms with Crippen LogP contribution in [0.2, 0.25) is 0 Å². The van der Waals surface area contributed by atoms with E-state index in [-0.39, 0.29) is 16.7 Å². The third-order valence-corrected chi connectivity index (χ3v) is 2.55. The van der Waals surface area contributed by atoms with Crippen molar-refractivity contribution < 1.29 is 24.2 Å². The molecule has 0 saturated carbocycles. The highest BCUT2D eigenvalue weighted by molar-refractivity contribution is 6.10. The van der Waals surface area contributed by atoms with Crippen LogP contribution in [-0.4, -0.2) is 21.8 Å². The third-order valence-electron chi connectivity index (χ3n) is 2.55. The van der Waals surface area contributed by atoms with Crippen molar-refractivity contribution in [3.8, 4) is 11.5 Å². The molecule has 0 fully saturated rings. The predicted octanol–water partition coefficient (Wildman–Crippen LogP) is 1.37. The number of aromatic hydroxyl groups is 2. The van der Waals surface area contributed by atoms with E-state index in [0.717, 1.165) is 6.07 Å². The lowest BCUT2D eigenvalue weighted by atomic mass is 10.1. The Morgan fingerprint density at radius 1 is 1.26 bits per heavy atom. The van der Waals surface area contributed by atoms with Gasteiger partial charge in [-0.15, -0.1) is 0 Å². The van der Waals surface area contributed by atoms with Crippen LogP contribution in [0.15, 0.2) is 27.4 Å². The van der Waals surface area contributed by atoms with Crippen LogP contribution in [0.25, 0.3) is 11.0 Å². The fourth-order valence-corrected chi connectivity index (χ4v) is 1.73. The van der Waals surface area contributed by atoms with Crippen molar-refractivity contribution in [2.24, 2.45) is 0 Å². The van der Waals surface area contributed by atoms with E-state index in [1.54, 1.807) is 0 Å². The number of fused-ring (bicyclic) bond motifs is 1. The quantitative estimate of drug-likeness (QED) is 0.491. The van der Waals surface area contributed by atoms with E-state index in [1.807, 2.05) is 0 Å². The van der Waals surface area contributed by atoms with Crippen LogP contribution in [0.3, 0.4) is 0 Å². The first-order valence-corrected chi connectivity index (χ1v) is 5.41. The van der Waals surface area contributed by atoms with E-state index in [1.165, 1.54) is 19.1 Å². The normalized spacial score (nSPS) is 10.6. The van der Waals surface area contributed by atoms with Gasteiger partial charge in [0, 0.05) is 6.07 Å². The average Bonchev–Trinajstić information content (AvgIpc) is 2.26. The highest BCUT2D eigenvalue weighted by atomic mass is 16.4. The number of carbonyl (C=O) groups excluding carboxylic acids is 2. The van der Waals surface area contributed by atoms with Gasteiger partial charge in [-0.25, -0.2) is 4.79 Å². The molecule has 0 spiro atoms. The first-order chi connectivity index (χ1) is 8.90. The summed E-state index contributed by atoms with van der Waals surface area (Å²) in [5.74, 6) is -1.90. The van der Waals surface area contributed by atoms with Crippen LogP contribution in [0, 0.1) is 0 Å². The van der Waals surface area contributed by atoms with Crippen LogP contribution in [-0.2, 0) is 4.79 Å². The molecule has 0 unspecified atom stereocenters. The summed E-state index contributed by atoms with van der Waals surface area (Å²) in [6, 6.07) is 3.74. The minimum absolute atomic E-state index is 0.0399. The van der Waals surface area contributed by atoms with Crippen LogP contribution in [0.1, 0.15) is 23.7 Å². The summed E-state index contributed by atoms with van der Waals surface area (Å²) in [6.07, 6.45) is -0.484. The first kappa shape index (κ1) is 12.8. The number of carbonyl (C=O) groups is 2. The maximum absolute atomic E-state index is 11.7. The van der Waals surface area contributed by atoms with Crippen LogP contribution >= 0.6 is 0 Å². The number of hydrogen-bond acceptors (Lipinski definition) is 6. The second kappa shape index (κ2) is 4.56. The monoisotopic (exact) mass is 262 g/mol. The molecule has 0 bridgehead atoms. The van der Waals surface area contributed by atoms with Gasteiger partial charge in [0.2, 0.25) is 0 Å². The largest absolute Gasteiger partial charge is 0.508 e. The van der Waals surface area contributed by atoms with Gasteiger partial charge in [-0.05, 0) is 19.1 Å². The summed E-state index contributed by atoms with van der Waals surface area (Å²) in [7, 11) is 0. The lowest BCUT2D eigenvalue weighted by Crippen LogP contribution is -2.16. The summed E-state index contributed by atoms with van der Waals surface area (Å²) < 4.78 is 4.85. The lowest BCUT2D eigenvalue weighted by Gasteiger charge is -2.05. The molecule has 0 atom stereocenters. The molecule has 19 heavy (non-hydrogen) atoms. The molecule has 0 aliphatic carbocycles. The van der Waals surface area contributed by atoms with Gasteiger partial charge in [-0.2, -0.15) is 0 Å². The number of rotatable bonds is 3. The van der Waals surface area contributed by atoms with Gasteiger partial charge in [-0.3, -0.25) is 9.59 Å². The van der Waals surface area contributed by atoms with Gasteiger partial charge in [-0.1, -0.05) is 0 Å². The van der Waals surface area contributed by atoms with Crippen molar-refractivity contribution in [1.82, 2.24) is 0 Å². The summed E-state index contributed by atoms with van der Waals surface area (Å²) >= 11 is 0. The molecule has 6 nitrogen and oxygen atoms in total. The fraction of sp³-hybridized carbons (Fsp3) is 0.154. The molecule has 1 aromatic heterocycles. The second-order valence-electron chi connectivity index (χ2n) is 4.10. The van der Waals surface area contributed by atoms with E-state index < -0.39 is 34.9 Å². The zero-order valence-corrected chi connectivity index (χ0v) is 9.97. The number of ketones is 2. The van der Waals surface area contributed by atoms with E-state index >= 15 is 0 Å². The number of Topliss-reactive ketones (excluding diaryl/α,β-unsaturated/α-hetero) is 2. The van der Waals surface area contributed by atoms with E-state index in [0.29, 0.717) is 0 Å². The SMILES string of the molecule is CC(=O)CC(=O)c1c(O)c2ccc(O)cc2oc1=O. The molecule has 1 heterocycles. The Morgan fingerprint density at radius 2 is 1.95 bits per heavy atom. The Bertz CT molecular complexity index is 741. The zero-order valence-electron chi connectivity index (χ0n) is 9.97. The maximum Gasteiger partial charge on any atom is 0.351 e. The molecular weight excluding hydrogens is 252 g/mol. The minimum atomic E-state index is -1.04. The van der Waals surface area contributed by atoms with E-state index in [9.17, 15) is 24.6 Å². The molecule has 1 aromatic carbocycles. The molecule has 0 aliphatic rings. The fourth-order valence-electron chi connectivity index (χ4n) is 1.73. The van der Waals surface area contributed by atoms with Crippen molar-refractivity contribution in [2.75, 3.05) is 0 Å². The van der Waals surface area contributed by atoms with Gasteiger partial charge in [0.05, 0.1) is 11.8 Å². The van der Waals surface area contributed by atoms with Crippen molar-refractivity contribution in [2.45, 2.75) is 13.3 Å². The first-order valence-electron chi connectivity index (χ1n) is 5.41. The predicted molar refractivity (Wildman–Crippen MR) is 65.4 cm³/mol. The minimum Gasteiger partial charge on any atom is -0.508 e. The summed E-state index contributed by atoms with van der Waals surface area (Å²) in [6.45, 7) is 1.20. The molecule has 0 amide bonds. The van der Waals surface area contributed by atoms with Crippen molar-refractivity contribution in [1.29, 1.82) is 0 Å². The molecule has 2 aromatic rings. The van der Waals surface area contributed by atoms with Gasteiger partial charge in [0.25, 0.3) is 0 Å². The molecular formula is C13H10O6. The van der Waals surface area contributed by atoms with Crippen molar-refractivity contribution >= 4 is 22.5 Å². The number of hydrogen-bond donors (Lipinski definition) is 2. The molecule has 6 heteroatoms. The van der Waals surface area contributed by atoms with Crippen LogP contribution in [0.4, 0.5) is 0 Å². The number of benzene rings is 1. The number of phenolic OH excluding ortho intramolecular Hbond substituents is 1. The molecule has 2 rings (SSSR count). The van der Waals surface area contributed by atoms with Crippen molar-refractivity contribution in [3.05, 3.63) is 34.2 Å².